The van der Waals surface area contributed by atoms with Gasteiger partial charge in [0, 0.05) is 18.7 Å². The average Bonchev–Trinajstić information content (AvgIpc) is 3.32. The van der Waals surface area contributed by atoms with Crippen LogP contribution in [0.15, 0.2) is 53.5 Å². The molecule has 37 heavy (non-hydrogen) atoms. The third-order valence-corrected chi connectivity index (χ3v) is 5.80. The maximum atomic E-state index is 12.0. The monoisotopic (exact) mass is 507 g/mol. The molecule has 0 radical (unpaired) electrons. The highest BCUT2D eigenvalue weighted by molar-refractivity contribution is 6.08. The number of anilines is 1. The second-order valence-corrected chi connectivity index (χ2v) is 8.67. The van der Waals surface area contributed by atoms with E-state index in [0.29, 0.717) is 18.9 Å². The van der Waals surface area contributed by atoms with E-state index >= 15 is 0 Å². The van der Waals surface area contributed by atoms with Crippen LogP contribution < -0.4 is 30.7 Å². The lowest BCUT2D eigenvalue weighted by atomic mass is 10.1. The number of amides is 2. The van der Waals surface area contributed by atoms with Gasteiger partial charge in [-0.2, -0.15) is 0 Å². The summed E-state index contributed by atoms with van der Waals surface area (Å²) in [5.41, 5.74) is 3.06. The molecule has 0 bridgehead atoms. The third kappa shape index (κ3) is 9.97. The Morgan fingerprint density at radius 3 is 2.49 bits per heavy atom. The van der Waals surface area contributed by atoms with Gasteiger partial charge < -0.3 is 25.4 Å². The minimum absolute atomic E-state index is 0.0207. The van der Waals surface area contributed by atoms with Crippen LogP contribution in [0.25, 0.3) is 6.08 Å². The fourth-order valence-corrected chi connectivity index (χ4v) is 3.80. The molecule has 198 valence electrons. The van der Waals surface area contributed by atoms with E-state index in [1.807, 2.05) is 48.6 Å². The highest BCUT2D eigenvalue weighted by Crippen LogP contribution is 2.27. The quantitative estimate of drug-likeness (QED) is 0.276. The van der Waals surface area contributed by atoms with Crippen molar-refractivity contribution in [1.82, 2.24) is 16.0 Å². The summed E-state index contributed by atoms with van der Waals surface area (Å²) in [5, 5.41) is 12.1. The standard InChI is InChI=1S/C28H37N5O4/c1-36-24-15-12-22(19-25(24)37-2)8-6-17-29-16-3-4-18-30-26(34)9-5-7-21-10-13-23(14-11-21)32-28-31-20-27(35)33-28/h5,7,10-15,19,29H,3-4,6,8-9,16-18,20H2,1-2H3,(H,30,34)(H2,31,32,33,35)/b7-5+. The number of nitrogens with one attached hydrogen (secondary N) is 4. The molecule has 4 N–H and O–H groups in total. The molecule has 2 aromatic rings. The molecule has 2 aromatic carbocycles. The zero-order valence-electron chi connectivity index (χ0n) is 21.6. The summed E-state index contributed by atoms with van der Waals surface area (Å²) in [4.78, 5) is 27.3. The Morgan fingerprint density at radius 1 is 1.00 bits per heavy atom. The van der Waals surface area contributed by atoms with E-state index in [0.717, 1.165) is 61.5 Å². The number of carbonyl (C=O) groups is 2. The molecule has 0 aliphatic carbocycles. The number of aryl methyl sites for hydroxylation is 1. The molecule has 9 heteroatoms. The Labute approximate surface area is 218 Å². The summed E-state index contributed by atoms with van der Waals surface area (Å²) in [7, 11) is 3.29. The van der Waals surface area contributed by atoms with Crippen molar-refractivity contribution in [2.75, 3.05) is 45.7 Å². The average molecular weight is 508 g/mol. The minimum atomic E-state index is -0.115. The number of nitrogens with zero attached hydrogens (tertiary/aromatic N) is 1. The van der Waals surface area contributed by atoms with Crippen molar-refractivity contribution < 1.29 is 19.1 Å². The normalized spacial score (nSPS) is 12.8. The molecule has 1 aliphatic rings. The fourth-order valence-electron chi connectivity index (χ4n) is 3.80. The molecule has 2 amide bonds. The van der Waals surface area contributed by atoms with Crippen LogP contribution in [0.3, 0.4) is 0 Å². The Hall–Kier alpha value is -3.85. The van der Waals surface area contributed by atoms with Crippen LogP contribution in [0, 0.1) is 0 Å². The predicted molar refractivity (Wildman–Crippen MR) is 147 cm³/mol. The molecule has 0 spiro atoms. The van der Waals surface area contributed by atoms with E-state index in [4.69, 9.17) is 9.47 Å². The van der Waals surface area contributed by atoms with Crippen molar-refractivity contribution >= 4 is 29.5 Å². The van der Waals surface area contributed by atoms with E-state index in [1.165, 1.54) is 5.56 Å². The molecule has 0 fully saturated rings. The number of guanidine groups is 1. The lowest BCUT2D eigenvalue weighted by Crippen LogP contribution is -2.30. The topological polar surface area (TPSA) is 113 Å². The molecular weight excluding hydrogens is 470 g/mol. The minimum Gasteiger partial charge on any atom is -0.493 e. The first-order valence-electron chi connectivity index (χ1n) is 12.6. The molecule has 3 rings (SSSR count). The summed E-state index contributed by atoms with van der Waals surface area (Å²) in [6.45, 7) is 2.73. The Balaban J connectivity index is 1.19. The number of ether oxygens (including phenoxy) is 2. The summed E-state index contributed by atoms with van der Waals surface area (Å²) >= 11 is 0. The van der Waals surface area contributed by atoms with E-state index in [9.17, 15) is 9.59 Å². The number of unbranched alkanes of at least 4 members (excludes halogenated alkanes) is 1. The second kappa shape index (κ2) is 15.3. The molecular formula is C28H37N5O4. The van der Waals surface area contributed by atoms with Gasteiger partial charge in [0.1, 0.15) is 6.54 Å². The van der Waals surface area contributed by atoms with Gasteiger partial charge in [0.2, 0.25) is 17.8 Å². The molecule has 0 atom stereocenters. The maximum absolute atomic E-state index is 12.0. The van der Waals surface area contributed by atoms with Crippen LogP contribution in [-0.2, 0) is 16.0 Å². The largest absolute Gasteiger partial charge is 0.493 e. The number of rotatable bonds is 15. The van der Waals surface area contributed by atoms with Crippen LogP contribution in [0.4, 0.5) is 5.69 Å². The number of methoxy groups -OCH3 is 2. The zero-order chi connectivity index (χ0) is 26.3. The lowest BCUT2D eigenvalue weighted by Gasteiger charge is -2.10. The first-order chi connectivity index (χ1) is 18.1. The van der Waals surface area contributed by atoms with Crippen LogP contribution in [-0.4, -0.2) is 58.2 Å². The van der Waals surface area contributed by atoms with E-state index in [2.05, 4.69) is 32.3 Å². The Bertz CT molecular complexity index is 1080. The fraction of sp³-hybridized carbons (Fsp3) is 0.393. The summed E-state index contributed by atoms with van der Waals surface area (Å²) < 4.78 is 10.6. The number of benzene rings is 2. The van der Waals surface area contributed by atoms with E-state index < -0.39 is 0 Å². The van der Waals surface area contributed by atoms with Gasteiger partial charge in [0.25, 0.3) is 0 Å². The van der Waals surface area contributed by atoms with Crippen LogP contribution in [0.5, 0.6) is 11.5 Å². The first kappa shape index (κ1) is 27.7. The third-order valence-electron chi connectivity index (χ3n) is 5.80. The van der Waals surface area contributed by atoms with Crippen molar-refractivity contribution in [2.24, 2.45) is 4.99 Å². The number of aliphatic imine (C=N–C) groups is 1. The van der Waals surface area contributed by atoms with Gasteiger partial charge in [-0.3, -0.25) is 14.9 Å². The SMILES string of the molecule is COc1ccc(CCCNCCCCNC(=O)C/C=C/c2ccc(NC3=NCC(=O)N3)cc2)cc1OC. The number of hydrogen-bond donors (Lipinski definition) is 4. The zero-order valence-corrected chi connectivity index (χ0v) is 21.6. The molecule has 0 unspecified atom stereocenters. The molecule has 0 aromatic heterocycles. The van der Waals surface area contributed by atoms with Gasteiger partial charge in [-0.1, -0.05) is 30.4 Å². The Morgan fingerprint density at radius 2 is 1.76 bits per heavy atom. The Kier molecular flexibility index (Phi) is 11.5. The van der Waals surface area contributed by atoms with Crippen molar-refractivity contribution in [3.63, 3.8) is 0 Å². The molecule has 1 aliphatic heterocycles. The number of hydrogen-bond acceptors (Lipinski definition) is 7. The van der Waals surface area contributed by atoms with Gasteiger partial charge in [-0.15, -0.1) is 0 Å². The number of carbonyl (C=O) groups excluding carboxylic acids is 2. The summed E-state index contributed by atoms with van der Waals surface area (Å²) in [6.07, 6.45) is 8.11. The van der Waals surface area contributed by atoms with Gasteiger partial charge in [-0.05, 0) is 74.2 Å². The predicted octanol–water partition coefficient (Wildman–Crippen LogP) is 3.12. The lowest BCUT2D eigenvalue weighted by molar-refractivity contribution is -0.120. The van der Waals surface area contributed by atoms with Crippen molar-refractivity contribution in [3.05, 3.63) is 59.7 Å². The van der Waals surface area contributed by atoms with Crippen LogP contribution in [0.2, 0.25) is 0 Å². The van der Waals surface area contributed by atoms with E-state index in [-0.39, 0.29) is 18.4 Å². The first-order valence-corrected chi connectivity index (χ1v) is 12.6. The van der Waals surface area contributed by atoms with Crippen molar-refractivity contribution in [3.8, 4) is 11.5 Å². The van der Waals surface area contributed by atoms with Gasteiger partial charge in [-0.25, -0.2) is 4.99 Å². The van der Waals surface area contributed by atoms with Crippen molar-refractivity contribution in [2.45, 2.75) is 32.1 Å². The van der Waals surface area contributed by atoms with Crippen LogP contribution in [0.1, 0.15) is 36.8 Å². The van der Waals surface area contributed by atoms with E-state index in [1.54, 1.807) is 14.2 Å². The van der Waals surface area contributed by atoms with Gasteiger partial charge in [0.05, 0.1) is 14.2 Å². The molecule has 9 nitrogen and oxygen atoms in total. The highest BCUT2D eigenvalue weighted by atomic mass is 16.5. The second-order valence-electron chi connectivity index (χ2n) is 8.67. The molecule has 0 saturated heterocycles. The molecule has 0 saturated carbocycles. The van der Waals surface area contributed by atoms with Gasteiger partial charge in [0.15, 0.2) is 11.5 Å². The maximum Gasteiger partial charge on any atom is 0.248 e. The van der Waals surface area contributed by atoms with Crippen molar-refractivity contribution in [1.29, 1.82) is 0 Å². The smallest absolute Gasteiger partial charge is 0.248 e. The summed E-state index contributed by atoms with van der Waals surface area (Å²) in [6, 6.07) is 13.7. The highest BCUT2D eigenvalue weighted by Gasteiger charge is 2.12. The summed E-state index contributed by atoms with van der Waals surface area (Å²) in [5.74, 6) is 1.89. The van der Waals surface area contributed by atoms with Crippen LogP contribution >= 0.6 is 0 Å². The molecule has 1 heterocycles. The van der Waals surface area contributed by atoms with Gasteiger partial charge >= 0.3 is 0 Å².